The van der Waals surface area contributed by atoms with Crippen molar-refractivity contribution in [1.82, 2.24) is 0 Å². The van der Waals surface area contributed by atoms with Crippen LogP contribution >= 0.6 is 0 Å². The molecular weight excluding hydrogens is 136 g/mol. The standard InChI is InChI=1S/C10H14O/c1-7-4-8-2-3-10(11)6-9(8)5-7/h8-9H,1-6H2. The van der Waals surface area contributed by atoms with Crippen LogP contribution in [0.1, 0.15) is 32.1 Å². The number of ketones is 1. The van der Waals surface area contributed by atoms with E-state index in [1.165, 1.54) is 12.0 Å². The van der Waals surface area contributed by atoms with E-state index in [-0.39, 0.29) is 0 Å². The van der Waals surface area contributed by atoms with Gasteiger partial charge in [-0.2, -0.15) is 0 Å². The second kappa shape index (κ2) is 2.47. The number of rotatable bonds is 0. The minimum absolute atomic E-state index is 0.473. The van der Waals surface area contributed by atoms with Crippen LogP contribution in [-0.4, -0.2) is 5.78 Å². The maximum atomic E-state index is 11.1. The van der Waals surface area contributed by atoms with Crippen LogP contribution in [0.15, 0.2) is 12.2 Å². The summed E-state index contributed by atoms with van der Waals surface area (Å²) in [5.74, 6) is 1.95. The number of fused-ring (bicyclic) bond motifs is 1. The Bertz CT molecular complexity index is 203. The molecule has 2 aliphatic carbocycles. The average molecular weight is 150 g/mol. The summed E-state index contributed by atoms with van der Waals surface area (Å²) in [6.07, 6.45) is 5.11. The Morgan fingerprint density at radius 1 is 1.18 bits per heavy atom. The molecule has 1 heteroatoms. The largest absolute Gasteiger partial charge is 0.300 e. The summed E-state index contributed by atoms with van der Waals surface area (Å²) in [5.41, 5.74) is 1.37. The lowest BCUT2D eigenvalue weighted by Crippen LogP contribution is -2.19. The molecule has 0 N–H and O–H groups in total. The molecule has 0 bridgehead atoms. The van der Waals surface area contributed by atoms with Gasteiger partial charge in [-0.05, 0) is 31.1 Å². The average Bonchev–Trinajstić information content (AvgIpc) is 2.27. The molecule has 0 saturated heterocycles. The zero-order valence-corrected chi connectivity index (χ0v) is 6.81. The summed E-state index contributed by atoms with van der Waals surface area (Å²) in [7, 11) is 0. The van der Waals surface area contributed by atoms with E-state index in [0.29, 0.717) is 11.7 Å². The molecule has 0 aromatic rings. The molecule has 0 radical (unpaired) electrons. The summed E-state index contributed by atoms with van der Waals surface area (Å²) in [4.78, 5) is 11.1. The number of carbonyl (C=O) groups excluding carboxylic acids is 1. The molecule has 0 amide bonds. The van der Waals surface area contributed by atoms with Crippen LogP contribution in [0.4, 0.5) is 0 Å². The van der Waals surface area contributed by atoms with Crippen LogP contribution in [-0.2, 0) is 4.79 Å². The molecule has 0 spiro atoms. The fourth-order valence-corrected chi connectivity index (χ4v) is 2.48. The van der Waals surface area contributed by atoms with Gasteiger partial charge in [0.2, 0.25) is 0 Å². The van der Waals surface area contributed by atoms with Gasteiger partial charge in [-0.1, -0.05) is 12.2 Å². The first-order chi connectivity index (χ1) is 5.25. The minimum atomic E-state index is 0.473. The highest BCUT2D eigenvalue weighted by Crippen LogP contribution is 2.42. The van der Waals surface area contributed by atoms with E-state index in [4.69, 9.17) is 0 Å². The quantitative estimate of drug-likeness (QED) is 0.484. The lowest BCUT2D eigenvalue weighted by molar-refractivity contribution is -0.122. The van der Waals surface area contributed by atoms with Crippen LogP contribution in [0.5, 0.6) is 0 Å². The summed E-state index contributed by atoms with van der Waals surface area (Å²) in [6.45, 7) is 3.99. The van der Waals surface area contributed by atoms with E-state index in [1.54, 1.807) is 0 Å². The Morgan fingerprint density at radius 3 is 2.73 bits per heavy atom. The molecule has 2 unspecified atom stereocenters. The fourth-order valence-electron chi connectivity index (χ4n) is 2.48. The zero-order chi connectivity index (χ0) is 7.84. The maximum Gasteiger partial charge on any atom is 0.133 e. The topological polar surface area (TPSA) is 17.1 Å². The van der Waals surface area contributed by atoms with E-state index in [2.05, 4.69) is 6.58 Å². The predicted molar refractivity (Wildman–Crippen MR) is 44.2 cm³/mol. The first-order valence-corrected chi connectivity index (χ1v) is 4.44. The molecule has 60 valence electrons. The van der Waals surface area contributed by atoms with E-state index in [1.807, 2.05) is 0 Å². The Kier molecular flexibility index (Phi) is 1.59. The molecule has 0 aromatic heterocycles. The molecule has 0 heterocycles. The lowest BCUT2D eigenvalue weighted by atomic mass is 9.81. The number of allylic oxidation sites excluding steroid dienone is 1. The second-order valence-electron chi connectivity index (χ2n) is 3.96. The molecule has 2 saturated carbocycles. The van der Waals surface area contributed by atoms with Crippen molar-refractivity contribution in [2.24, 2.45) is 11.8 Å². The third-order valence-corrected chi connectivity index (χ3v) is 3.05. The van der Waals surface area contributed by atoms with E-state index in [9.17, 15) is 4.79 Å². The fraction of sp³-hybridized carbons (Fsp3) is 0.700. The van der Waals surface area contributed by atoms with Gasteiger partial charge in [-0.3, -0.25) is 4.79 Å². The number of Topliss-reactive ketones (excluding diaryl/α,β-unsaturated/α-hetero) is 1. The molecule has 0 aromatic carbocycles. The first-order valence-electron chi connectivity index (χ1n) is 4.44. The van der Waals surface area contributed by atoms with Crippen LogP contribution in [0.25, 0.3) is 0 Å². The van der Waals surface area contributed by atoms with Gasteiger partial charge in [-0.15, -0.1) is 0 Å². The van der Waals surface area contributed by atoms with E-state index >= 15 is 0 Å². The maximum absolute atomic E-state index is 11.1. The van der Waals surface area contributed by atoms with Crippen molar-refractivity contribution in [2.75, 3.05) is 0 Å². The van der Waals surface area contributed by atoms with Gasteiger partial charge >= 0.3 is 0 Å². The summed E-state index contributed by atoms with van der Waals surface area (Å²) >= 11 is 0. The molecule has 11 heavy (non-hydrogen) atoms. The van der Waals surface area contributed by atoms with Gasteiger partial charge in [0.1, 0.15) is 5.78 Å². The highest BCUT2D eigenvalue weighted by Gasteiger charge is 2.34. The number of carbonyl (C=O) groups is 1. The molecule has 0 aliphatic heterocycles. The van der Waals surface area contributed by atoms with Crippen molar-refractivity contribution in [3.63, 3.8) is 0 Å². The van der Waals surface area contributed by atoms with Crippen LogP contribution in [0.2, 0.25) is 0 Å². The van der Waals surface area contributed by atoms with Crippen molar-refractivity contribution >= 4 is 5.78 Å². The van der Waals surface area contributed by atoms with E-state index < -0.39 is 0 Å². The number of hydrogen-bond acceptors (Lipinski definition) is 1. The van der Waals surface area contributed by atoms with Crippen molar-refractivity contribution < 1.29 is 4.79 Å². The first kappa shape index (κ1) is 7.08. The highest BCUT2D eigenvalue weighted by atomic mass is 16.1. The smallest absolute Gasteiger partial charge is 0.133 e. The monoisotopic (exact) mass is 150 g/mol. The Morgan fingerprint density at radius 2 is 1.91 bits per heavy atom. The van der Waals surface area contributed by atoms with Gasteiger partial charge in [-0.25, -0.2) is 0 Å². The van der Waals surface area contributed by atoms with Crippen molar-refractivity contribution in [2.45, 2.75) is 32.1 Å². The third-order valence-electron chi connectivity index (χ3n) is 3.05. The van der Waals surface area contributed by atoms with Gasteiger partial charge in [0.25, 0.3) is 0 Å². The molecular formula is C10H14O. The van der Waals surface area contributed by atoms with Crippen LogP contribution in [0.3, 0.4) is 0 Å². The molecule has 2 aliphatic rings. The van der Waals surface area contributed by atoms with Crippen molar-refractivity contribution in [3.8, 4) is 0 Å². The third kappa shape index (κ3) is 1.24. The van der Waals surface area contributed by atoms with Gasteiger partial charge in [0.05, 0.1) is 0 Å². The summed E-state index contributed by atoms with van der Waals surface area (Å²) < 4.78 is 0. The molecule has 1 nitrogen and oxygen atoms in total. The summed E-state index contributed by atoms with van der Waals surface area (Å²) in [5, 5.41) is 0. The van der Waals surface area contributed by atoms with Crippen molar-refractivity contribution in [3.05, 3.63) is 12.2 Å². The normalized spacial score (nSPS) is 37.5. The Balaban J connectivity index is 2.08. The molecule has 2 rings (SSSR count). The predicted octanol–water partition coefficient (Wildman–Crippen LogP) is 2.32. The lowest BCUT2D eigenvalue weighted by Gasteiger charge is -2.22. The van der Waals surface area contributed by atoms with Gasteiger partial charge < -0.3 is 0 Å². The van der Waals surface area contributed by atoms with Crippen LogP contribution < -0.4 is 0 Å². The zero-order valence-electron chi connectivity index (χ0n) is 6.81. The van der Waals surface area contributed by atoms with Crippen molar-refractivity contribution in [1.29, 1.82) is 0 Å². The Hall–Kier alpha value is -0.590. The van der Waals surface area contributed by atoms with E-state index in [0.717, 1.165) is 31.6 Å². The highest BCUT2D eigenvalue weighted by molar-refractivity contribution is 5.79. The minimum Gasteiger partial charge on any atom is -0.300 e. The second-order valence-corrected chi connectivity index (χ2v) is 3.96. The summed E-state index contributed by atoms with van der Waals surface area (Å²) in [6, 6.07) is 0. The Labute approximate surface area is 67.5 Å². The van der Waals surface area contributed by atoms with Gasteiger partial charge in [0, 0.05) is 12.8 Å². The molecule has 2 atom stereocenters. The number of hydrogen-bond donors (Lipinski definition) is 0. The SMILES string of the molecule is C=C1CC2CCC(=O)CC2C1. The van der Waals surface area contributed by atoms with Crippen LogP contribution in [0, 0.1) is 11.8 Å². The molecule has 2 fully saturated rings. The van der Waals surface area contributed by atoms with Gasteiger partial charge in [0.15, 0.2) is 0 Å².